The molecule has 4 N–H and O–H groups in total. The number of urea groups is 1. The first kappa shape index (κ1) is 53.2. The van der Waals surface area contributed by atoms with E-state index in [0.717, 1.165) is 16.5 Å². The number of rotatable bonds is 13. The molecule has 8 aromatic carbocycles. The van der Waals surface area contributed by atoms with E-state index in [9.17, 15) is 22.3 Å². The summed E-state index contributed by atoms with van der Waals surface area (Å²) in [5.74, 6) is 0. The number of fused-ring (bicyclic) bond motifs is 2. The third-order valence-electron chi connectivity index (χ3n) is 9.13. The number of hydrogen-bond donors (Lipinski definition) is 4. The number of amides is 2. The Hall–Kier alpha value is -5.44. The second kappa shape index (κ2) is 25.5. The topological polar surface area (TPSA) is 220 Å². The molecule has 15 nitrogen and oxygen atoms in total. The Morgan fingerprint density at radius 1 is 0.439 bits per heavy atom. The minimum Gasteiger partial charge on any atom is -0.768 e. The largest absolute Gasteiger partial charge is 1.00 e. The average molecular weight is 883 g/mol. The quantitative estimate of drug-likeness (QED) is 0.0420. The number of hydrazine groups is 1. The van der Waals surface area contributed by atoms with E-state index in [1.807, 2.05) is 36.4 Å². The molecule has 0 aromatic heterocycles. The molecule has 0 aliphatic rings. The van der Waals surface area contributed by atoms with Crippen molar-refractivity contribution in [1.82, 2.24) is 0 Å². The van der Waals surface area contributed by atoms with Crippen LogP contribution >= 0.6 is 0 Å². The summed E-state index contributed by atoms with van der Waals surface area (Å²) in [6, 6.07) is 49.9. The Balaban J connectivity index is 0.00000238. The number of nitrogens with one attached hydrogen (secondary N) is 4. The molecule has 0 aliphatic carbocycles. The van der Waals surface area contributed by atoms with Crippen LogP contribution in [0.5, 0.6) is 0 Å². The molecular formula is C45H30Li4N10O5S2. The summed E-state index contributed by atoms with van der Waals surface area (Å²) in [6.45, 7) is 0. The van der Waals surface area contributed by atoms with E-state index in [4.69, 9.17) is 0 Å². The van der Waals surface area contributed by atoms with Crippen LogP contribution in [0.15, 0.2) is 198 Å². The Labute approximate surface area is 432 Å². The van der Waals surface area contributed by atoms with E-state index < -0.39 is 28.2 Å². The van der Waals surface area contributed by atoms with Crippen molar-refractivity contribution in [1.29, 1.82) is 0 Å². The van der Waals surface area contributed by atoms with E-state index in [2.05, 4.69) is 64.3 Å². The van der Waals surface area contributed by atoms with Crippen LogP contribution in [0.1, 0.15) is 0 Å². The van der Waals surface area contributed by atoms with Gasteiger partial charge in [0.05, 0.1) is 34.1 Å². The van der Waals surface area contributed by atoms with Crippen LogP contribution < -0.4 is 96.9 Å². The molecule has 0 fully saturated rings. The maximum absolute atomic E-state index is 12.8. The molecule has 0 radical (unpaired) electrons. The van der Waals surface area contributed by atoms with Crippen LogP contribution in [0.25, 0.3) is 21.5 Å². The smallest absolute Gasteiger partial charge is 0.768 e. The van der Waals surface area contributed by atoms with Crippen molar-refractivity contribution in [2.24, 2.45) is 30.7 Å². The third kappa shape index (κ3) is 13.8. The molecular weight excluding hydrogens is 852 g/mol. The molecule has 0 spiro atoms. The molecule has 2 atom stereocenters. The number of anilines is 4. The van der Waals surface area contributed by atoms with Crippen molar-refractivity contribution in [3.63, 3.8) is 0 Å². The van der Waals surface area contributed by atoms with Crippen molar-refractivity contribution in [2.45, 2.75) is 9.79 Å². The minimum absolute atomic E-state index is 0. The first-order valence-electron chi connectivity index (χ1n) is 18.6. The first-order valence-corrected chi connectivity index (χ1v) is 20.7. The normalized spacial score (nSPS) is 11.8. The Morgan fingerprint density at radius 2 is 0.909 bits per heavy atom. The number of benzene rings is 8. The Bertz CT molecular complexity index is 3060. The molecule has 0 saturated heterocycles. The average Bonchev–Trinajstić information content (AvgIpc) is 3.30. The standard InChI is InChI=1S/C45H32N10O5S2.4Li/c56-45(46-29-10-14-32(15-11-29)49-53-42-25-24-41(37-8-4-5-9-38(37)42)52-48-31-6-2-1-3-7-31)47-30-12-16-33(17-13-30)50-54-43-26-27-44(40-28-36(62(59)60)22-23-39(40)43)55-51-34-18-20-35(21-19-34)61(57)58;;;;/h2-3,5-28,50,54H,(H,57,58)(H,59,60)(H2,46,47,56);;;;/q-2;4*+1/p-2. The van der Waals surface area contributed by atoms with Gasteiger partial charge in [-0.25, -0.2) is 4.79 Å². The van der Waals surface area contributed by atoms with Crippen LogP contribution in [0.4, 0.5) is 61.7 Å². The second-order valence-electron chi connectivity index (χ2n) is 13.2. The third-order valence-corrected chi connectivity index (χ3v) is 10.4. The summed E-state index contributed by atoms with van der Waals surface area (Å²) < 4.78 is 45.9. The SMILES string of the molecule is O=C(Nc1ccc(N=Nc2ccc(N=Nc3cc[c-]cc3)c3c[c-]ccc23)cc1)Nc1ccc(NNc2ccc(N=Nc3ccc(S(=O)[O-])cc3)c3cc(S(=O)[O-])ccc23)cc1.[Li+].[Li+].[Li+].[Li+]. The predicted octanol–water partition coefficient (Wildman–Crippen LogP) is 0.415. The Kier molecular flexibility index (Phi) is 20.5. The van der Waals surface area contributed by atoms with Gasteiger partial charge in [-0.05, 0) is 137 Å². The van der Waals surface area contributed by atoms with Gasteiger partial charge in [-0.3, -0.25) is 8.42 Å². The minimum atomic E-state index is -2.48. The van der Waals surface area contributed by atoms with E-state index in [1.54, 1.807) is 84.9 Å². The van der Waals surface area contributed by atoms with Gasteiger partial charge >= 0.3 is 81.5 Å². The fraction of sp³-hybridized carbons (Fsp3) is 0. The van der Waals surface area contributed by atoms with Crippen LogP contribution in [-0.4, -0.2) is 23.6 Å². The van der Waals surface area contributed by atoms with Crippen LogP contribution in [0, 0.1) is 12.1 Å². The number of hydrogen-bond acceptors (Lipinski definition) is 13. The predicted molar refractivity (Wildman–Crippen MR) is 238 cm³/mol. The fourth-order valence-corrected chi connectivity index (χ4v) is 6.83. The van der Waals surface area contributed by atoms with Gasteiger partial charge in [-0.2, -0.15) is 68.0 Å². The van der Waals surface area contributed by atoms with E-state index in [-0.39, 0.29) is 85.2 Å². The van der Waals surface area contributed by atoms with Gasteiger partial charge in [-0.15, -0.1) is 17.2 Å². The molecule has 0 bridgehead atoms. The molecule has 8 rings (SSSR count). The monoisotopic (exact) mass is 882 g/mol. The van der Waals surface area contributed by atoms with Gasteiger partial charge in [0.1, 0.15) is 0 Å². The van der Waals surface area contributed by atoms with Crippen molar-refractivity contribution < 1.29 is 97.8 Å². The number of nitrogens with zero attached hydrogens (tertiary/aromatic N) is 6. The second-order valence-corrected chi connectivity index (χ2v) is 15.1. The van der Waals surface area contributed by atoms with Crippen molar-refractivity contribution in [3.05, 3.63) is 170 Å². The van der Waals surface area contributed by atoms with E-state index in [1.165, 1.54) is 36.4 Å². The Morgan fingerprint density at radius 3 is 1.50 bits per heavy atom. The van der Waals surface area contributed by atoms with Crippen molar-refractivity contribution in [2.75, 3.05) is 21.5 Å². The van der Waals surface area contributed by atoms with Gasteiger partial charge in [0.25, 0.3) is 0 Å². The van der Waals surface area contributed by atoms with Crippen LogP contribution in [0.3, 0.4) is 0 Å². The molecule has 306 valence electrons. The van der Waals surface area contributed by atoms with Crippen LogP contribution in [0.2, 0.25) is 0 Å². The summed E-state index contributed by atoms with van der Waals surface area (Å²) in [7, 11) is 0. The summed E-state index contributed by atoms with van der Waals surface area (Å²) in [4.78, 5) is 13.0. The molecule has 0 saturated carbocycles. The maximum Gasteiger partial charge on any atom is 1.00 e. The number of azo groups is 3. The zero-order chi connectivity index (χ0) is 42.8. The molecule has 21 heteroatoms. The fourth-order valence-electron chi connectivity index (χ4n) is 6.07. The van der Waals surface area contributed by atoms with Crippen molar-refractivity contribution >= 4 is 107 Å². The summed E-state index contributed by atoms with van der Waals surface area (Å²) in [6.07, 6.45) is 0. The van der Waals surface area contributed by atoms with Crippen molar-refractivity contribution in [3.8, 4) is 0 Å². The molecule has 0 heterocycles. The zero-order valence-electron chi connectivity index (χ0n) is 36.1. The van der Waals surface area contributed by atoms with Gasteiger partial charge < -0.3 is 30.6 Å². The number of carbonyl (C=O) groups excluding carboxylic acids is 1. The number of carbonyl (C=O) groups is 1. The van der Waals surface area contributed by atoms with Gasteiger partial charge in [0.2, 0.25) is 0 Å². The molecule has 8 aromatic rings. The molecule has 2 unspecified atom stereocenters. The van der Waals surface area contributed by atoms with E-state index in [0.29, 0.717) is 62.0 Å². The molecule has 0 aliphatic heterocycles. The maximum atomic E-state index is 12.8. The van der Waals surface area contributed by atoms with Crippen LogP contribution in [-0.2, 0) is 22.2 Å². The van der Waals surface area contributed by atoms with E-state index >= 15 is 0 Å². The van der Waals surface area contributed by atoms with Gasteiger partial charge in [0, 0.05) is 37.6 Å². The zero-order valence-corrected chi connectivity index (χ0v) is 37.7. The summed E-state index contributed by atoms with van der Waals surface area (Å²) in [5.41, 5.74) is 12.1. The van der Waals surface area contributed by atoms with Gasteiger partial charge in [-0.1, -0.05) is 16.8 Å². The first-order chi connectivity index (χ1) is 30.3. The summed E-state index contributed by atoms with van der Waals surface area (Å²) >= 11 is -4.85. The van der Waals surface area contributed by atoms with Gasteiger partial charge in [0.15, 0.2) is 0 Å². The molecule has 66 heavy (non-hydrogen) atoms. The summed E-state index contributed by atoms with van der Waals surface area (Å²) in [5, 5.41) is 34.6. The molecule has 2 amide bonds.